The van der Waals surface area contributed by atoms with Crippen LogP contribution in [0.4, 0.5) is 0 Å². The van der Waals surface area contributed by atoms with E-state index >= 15 is 0 Å². The largest absolute Gasteiger partial charge is 0.358 e. The smallest absolute Gasteiger partial charge is 0 e. The molecule has 4 rings (SSSR count). The Labute approximate surface area is 543 Å². The van der Waals surface area contributed by atoms with Gasteiger partial charge in [0, 0.05) is 32.7 Å². The summed E-state index contributed by atoms with van der Waals surface area (Å²) in [4.78, 5) is 0. The molecule has 0 aromatic rings. The van der Waals surface area contributed by atoms with Crippen LogP contribution in [-0.2, 0) is 32.7 Å². The average molecular weight is 1210 g/mol. The van der Waals surface area contributed by atoms with E-state index in [1.54, 1.807) is 0 Å². The van der Waals surface area contributed by atoms with Gasteiger partial charge in [-0.2, -0.15) is 5.92 Å². The molecule has 0 saturated heterocycles. The van der Waals surface area contributed by atoms with Crippen molar-refractivity contribution in [3.63, 3.8) is 0 Å². The summed E-state index contributed by atoms with van der Waals surface area (Å²) < 4.78 is 0. The zero-order valence-corrected chi connectivity index (χ0v) is 71.4. The van der Waals surface area contributed by atoms with E-state index in [1.807, 2.05) is 277 Å². The maximum atomic E-state index is 4.36. The molecule has 11 atom stereocenters. The van der Waals surface area contributed by atoms with Crippen LogP contribution >= 0.6 is 0 Å². The second-order valence-corrected chi connectivity index (χ2v) is 15.3. The fourth-order valence-electron chi connectivity index (χ4n) is 11.3. The Hall–Kier alpha value is 1.10. The molecule has 4 saturated carbocycles. The van der Waals surface area contributed by atoms with E-state index in [0.717, 1.165) is 53.3 Å². The molecule has 0 bridgehead atoms. The molecule has 0 N–H and O–H groups in total. The summed E-state index contributed by atoms with van der Waals surface area (Å²) >= 11 is 0. The molecule has 1 radical (unpaired) electrons. The van der Waals surface area contributed by atoms with Crippen molar-refractivity contribution in [3.8, 4) is 0 Å². The summed E-state index contributed by atoms with van der Waals surface area (Å²) in [6.45, 7) is 111. The van der Waals surface area contributed by atoms with Gasteiger partial charge in [0.25, 0.3) is 0 Å². The van der Waals surface area contributed by atoms with Gasteiger partial charge in [0.05, 0.1) is 0 Å². The minimum absolute atomic E-state index is 0. The van der Waals surface area contributed by atoms with Gasteiger partial charge >= 0.3 is 0 Å². The van der Waals surface area contributed by atoms with Gasteiger partial charge in [0.1, 0.15) is 0 Å². The van der Waals surface area contributed by atoms with Crippen LogP contribution in [0.15, 0.2) is 0 Å². The van der Waals surface area contributed by atoms with Crippen LogP contribution < -0.4 is 0 Å². The van der Waals surface area contributed by atoms with E-state index in [0.29, 0.717) is 16.7 Å². The SMILES string of the molecule is CC.CC.CC.CC.CC.CC.CC.CC.CC.CC.CC.CC.CC.CC.CC.CC.CC.CC.CC.CC.C[C@@H]1CCC[C@H](C)C1.C[C@@H]1CCC[C@H](C)C12[C@H](C)CC[C@@H]2C.[CH2-][C@@H](C)C1(C(C)C)[C@H](C)CCC[C@@H]1C.[CH3-].[Y]. The molecule has 0 nitrogen and oxygen atoms in total. The predicted molar refractivity (Wildman–Crippen MR) is 396 cm³/mol. The second kappa shape index (κ2) is 153. The molecule has 1 spiro atoms. The standard InChI is InChI=1S/C14H26.C14H27.C8H16.20C2H6.CH3.Y/c1-10-6-5-7-11(2)14(10)12(3)8-9-13(14)4;1-10(2)14(11(3)4)12(5)8-7-9-13(14)6;1-7-4-3-5-8(2)6-7;20*1-2;;/h10-13H,5-9H2,1-4H3;10-13H,1,7-9H2,2-6H3;7-8H,3-6H2,1-2H3;20*1-2H3;1H3;/q;-1;;;;;;;;;;;;;;;;;;;;;;-1;/t10-,11+,12-,13+,14?;10-,12-,13+,14?;7-,8+;;;;;;;;;;;;;;;;;;;;;;/m.0......................./s1. The summed E-state index contributed by atoms with van der Waals surface area (Å²) in [6, 6.07) is 0. The van der Waals surface area contributed by atoms with Crippen molar-refractivity contribution in [2.75, 3.05) is 0 Å². The average Bonchev–Trinajstić information content (AvgIpc) is 3.83. The predicted octanol–water partition coefficient (Wildman–Crippen LogP) is 32.9. The third-order valence-electron chi connectivity index (χ3n) is 12.8. The fraction of sp³-hybridized carbons (Fsp3) is 0.974. The molecule has 4 fully saturated rings. The first-order valence-corrected chi connectivity index (χ1v) is 36.7. The van der Waals surface area contributed by atoms with Crippen molar-refractivity contribution in [3.05, 3.63) is 14.4 Å². The van der Waals surface area contributed by atoms with E-state index in [1.165, 1.54) is 77.0 Å². The minimum Gasteiger partial charge on any atom is -0.358 e. The maximum absolute atomic E-state index is 4.36. The molecular formula is C77H192Y-2. The normalized spacial score (nSPS) is 22.7. The fourth-order valence-corrected chi connectivity index (χ4v) is 11.3. The minimum atomic E-state index is 0. The first-order valence-electron chi connectivity index (χ1n) is 36.7. The summed E-state index contributed by atoms with van der Waals surface area (Å²) in [5.41, 5.74) is 1.19. The third-order valence-corrected chi connectivity index (χ3v) is 12.8. The Bertz CT molecular complexity index is 551. The summed E-state index contributed by atoms with van der Waals surface area (Å²) in [7, 11) is 0. The van der Waals surface area contributed by atoms with Gasteiger partial charge in [-0.05, 0) is 83.4 Å². The van der Waals surface area contributed by atoms with Crippen LogP contribution in [0.5, 0.6) is 0 Å². The quantitative estimate of drug-likeness (QED) is 0.242. The Morgan fingerprint density at radius 2 is 0.423 bits per heavy atom. The zero-order valence-electron chi connectivity index (χ0n) is 68.5. The number of rotatable bonds is 2. The molecule has 0 heterocycles. The Morgan fingerprint density at radius 3 is 0.551 bits per heavy atom. The molecule has 78 heavy (non-hydrogen) atoms. The van der Waals surface area contributed by atoms with Crippen LogP contribution in [0.1, 0.15) is 430 Å². The molecule has 4 aliphatic carbocycles. The van der Waals surface area contributed by atoms with Gasteiger partial charge < -0.3 is 14.4 Å². The molecule has 4 aliphatic rings. The monoisotopic (exact) mass is 1210 g/mol. The van der Waals surface area contributed by atoms with Crippen molar-refractivity contribution in [2.45, 2.75) is 430 Å². The van der Waals surface area contributed by atoms with Crippen molar-refractivity contribution in [1.82, 2.24) is 0 Å². The van der Waals surface area contributed by atoms with Crippen LogP contribution in [0.3, 0.4) is 0 Å². The van der Waals surface area contributed by atoms with Gasteiger partial charge in [0.2, 0.25) is 0 Å². The van der Waals surface area contributed by atoms with Crippen molar-refractivity contribution < 1.29 is 32.7 Å². The Balaban J connectivity index is -0.0000000249. The van der Waals surface area contributed by atoms with E-state index in [-0.39, 0.29) is 40.1 Å². The van der Waals surface area contributed by atoms with E-state index < -0.39 is 0 Å². The number of hydrogen-bond donors (Lipinski definition) is 0. The summed E-state index contributed by atoms with van der Waals surface area (Å²) in [5, 5.41) is 0. The van der Waals surface area contributed by atoms with Gasteiger partial charge in [-0.15, -0.1) is 0 Å². The first kappa shape index (κ1) is 143. The molecule has 2 unspecified atom stereocenters. The summed E-state index contributed by atoms with van der Waals surface area (Å²) in [5.74, 6) is 8.95. The zero-order chi connectivity index (χ0) is 67.3. The number of hydrogen-bond acceptors (Lipinski definition) is 0. The summed E-state index contributed by atoms with van der Waals surface area (Å²) in [6.07, 6.45) is 17.5. The van der Waals surface area contributed by atoms with Crippen molar-refractivity contribution in [1.29, 1.82) is 0 Å². The van der Waals surface area contributed by atoms with E-state index in [2.05, 4.69) is 83.1 Å². The third kappa shape index (κ3) is 77.1. The van der Waals surface area contributed by atoms with E-state index in [9.17, 15) is 0 Å². The van der Waals surface area contributed by atoms with Crippen LogP contribution in [-0.4, -0.2) is 0 Å². The molecule has 0 aliphatic heterocycles. The van der Waals surface area contributed by atoms with Crippen LogP contribution in [0, 0.1) is 84.4 Å². The van der Waals surface area contributed by atoms with Crippen molar-refractivity contribution >= 4 is 0 Å². The van der Waals surface area contributed by atoms with Crippen molar-refractivity contribution in [2.24, 2.45) is 70.0 Å². The molecule has 0 aromatic carbocycles. The van der Waals surface area contributed by atoms with Gasteiger partial charge in [-0.3, -0.25) is 0 Å². The molecule has 0 amide bonds. The first-order chi connectivity index (χ1) is 36.8. The maximum Gasteiger partial charge on any atom is 0 e. The second-order valence-electron chi connectivity index (χ2n) is 15.3. The van der Waals surface area contributed by atoms with Crippen LogP contribution in [0.2, 0.25) is 0 Å². The molecule has 505 valence electrons. The van der Waals surface area contributed by atoms with Gasteiger partial charge in [-0.25, -0.2) is 0 Å². The van der Waals surface area contributed by atoms with Crippen LogP contribution in [0.25, 0.3) is 0 Å². The topological polar surface area (TPSA) is 0 Å². The molecular weight excluding hydrogens is 1010 g/mol. The van der Waals surface area contributed by atoms with Gasteiger partial charge in [0.15, 0.2) is 0 Å². The van der Waals surface area contributed by atoms with E-state index in [4.69, 9.17) is 0 Å². The van der Waals surface area contributed by atoms with Gasteiger partial charge in [-0.1, -0.05) is 411 Å². The molecule has 1 heteroatoms. The Kier molecular flexibility index (Phi) is 280. The Morgan fingerprint density at radius 1 is 0.269 bits per heavy atom. The molecule has 0 aromatic heterocycles.